The van der Waals surface area contributed by atoms with Crippen LogP contribution in [0.15, 0.2) is 6.20 Å². The van der Waals surface area contributed by atoms with Crippen molar-refractivity contribution >= 4 is 24.4 Å². The van der Waals surface area contributed by atoms with E-state index in [0.29, 0.717) is 23.3 Å². The summed E-state index contributed by atoms with van der Waals surface area (Å²) in [6.45, 7) is 1.52. The second-order valence-corrected chi connectivity index (χ2v) is 11.3. The highest BCUT2D eigenvalue weighted by Crippen LogP contribution is 2.51. The van der Waals surface area contributed by atoms with Gasteiger partial charge in [-0.25, -0.2) is 14.6 Å². The van der Waals surface area contributed by atoms with Gasteiger partial charge >= 0.3 is 7.60 Å². The molecule has 2 fully saturated rings. The van der Waals surface area contributed by atoms with Gasteiger partial charge in [0.25, 0.3) is 0 Å². The van der Waals surface area contributed by atoms with E-state index in [4.69, 9.17) is 9.47 Å². The number of aromatic nitrogens is 4. The lowest BCUT2D eigenvalue weighted by Gasteiger charge is -2.29. The quantitative estimate of drug-likeness (QED) is 0.206. The molecule has 0 radical (unpaired) electrons. The topological polar surface area (TPSA) is 192 Å². The average Bonchev–Trinajstić information content (AvgIpc) is 3.56. The van der Waals surface area contributed by atoms with Crippen LogP contribution in [0.25, 0.3) is 11.0 Å². The number of aliphatic hydroxyl groups is 3. The van der Waals surface area contributed by atoms with Crippen LogP contribution >= 0.6 is 7.60 Å². The van der Waals surface area contributed by atoms with Crippen molar-refractivity contribution in [3.8, 4) is 11.8 Å². The highest BCUT2D eigenvalue weighted by atomic mass is 31.2. The van der Waals surface area contributed by atoms with Gasteiger partial charge in [0.05, 0.1) is 24.8 Å². The average molecular weight is 525 g/mol. The van der Waals surface area contributed by atoms with E-state index in [2.05, 4.69) is 32.2 Å². The molecule has 198 valence electrons. The third-order valence-corrected chi connectivity index (χ3v) is 8.08. The van der Waals surface area contributed by atoms with Crippen LogP contribution in [0.4, 0.5) is 5.82 Å². The van der Waals surface area contributed by atoms with Gasteiger partial charge in [-0.15, -0.1) is 0 Å². The van der Waals surface area contributed by atoms with Crippen molar-refractivity contribution in [3.05, 3.63) is 12.0 Å². The summed E-state index contributed by atoms with van der Waals surface area (Å²) >= 11 is 0. The van der Waals surface area contributed by atoms with Crippen LogP contribution in [0.3, 0.4) is 0 Å². The van der Waals surface area contributed by atoms with Crippen LogP contribution in [-0.2, 0) is 14.0 Å². The minimum Gasteiger partial charge on any atom is -0.393 e. The summed E-state index contributed by atoms with van der Waals surface area (Å²) in [5, 5.41) is 36.9. The molecule has 5 atom stereocenters. The Bertz CT molecular complexity index is 1190. The number of hydrogen-bond donors (Lipinski definition) is 6. The van der Waals surface area contributed by atoms with E-state index in [1.54, 1.807) is 6.20 Å². The lowest BCUT2D eigenvalue weighted by Crippen LogP contribution is -2.39. The Kier molecular flexibility index (Phi) is 7.99. The zero-order valence-electron chi connectivity index (χ0n) is 20.1. The van der Waals surface area contributed by atoms with Gasteiger partial charge in [-0.3, -0.25) is 4.57 Å². The number of nitrogens with zero attached hydrogens (tertiary/aromatic N) is 4. The van der Waals surface area contributed by atoms with Crippen LogP contribution in [0.5, 0.6) is 0 Å². The summed E-state index contributed by atoms with van der Waals surface area (Å²) in [6.07, 6.45) is 1.27. The smallest absolute Gasteiger partial charge is 0.359 e. The highest BCUT2D eigenvalue weighted by Gasteiger charge is 2.48. The minimum atomic E-state index is -4.84. The Morgan fingerprint density at radius 1 is 1.28 bits per heavy atom. The number of anilines is 1. The van der Waals surface area contributed by atoms with E-state index in [9.17, 15) is 29.7 Å². The fourth-order valence-corrected chi connectivity index (χ4v) is 4.69. The van der Waals surface area contributed by atoms with E-state index in [-0.39, 0.29) is 11.9 Å². The number of aliphatic hydroxyl groups excluding tert-OH is 3. The Morgan fingerprint density at radius 3 is 2.64 bits per heavy atom. The molecule has 1 aliphatic carbocycles. The summed E-state index contributed by atoms with van der Waals surface area (Å²) in [4.78, 5) is 28.0. The lowest BCUT2D eigenvalue weighted by atomic mass is 10.1. The first-order valence-corrected chi connectivity index (χ1v) is 13.5. The van der Waals surface area contributed by atoms with Crippen molar-refractivity contribution in [2.45, 2.75) is 81.9 Å². The molecular weight excluding hydrogens is 493 g/mol. The van der Waals surface area contributed by atoms with E-state index in [1.165, 1.54) is 4.68 Å². The van der Waals surface area contributed by atoms with Gasteiger partial charge < -0.3 is 39.9 Å². The maximum atomic E-state index is 11.7. The van der Waals surface area contributed by atoms with Crippen LogP contribution in [0.2, 0.25) is 0 Å². The normalized spacial score (nSPS) is 26.6. The molecular formula is C22H32N5O8P. The zero-order chi connectivity index (χ0) is 26.1. The summed E-state index contributed by atoms with van der Waals surface area (Å²) in [5.74, 6) is 6.72. The van der Waals surface area contributed by atoms with Crippen molar-refractivity contribution in [1.82, 2.24) is 19.7 Å². The minimum absolute atomic E-state index is 0.268. The fraction of sp³-hybridized carbons (Fsp3) is 0.682. The first kappa shape index (κ1) is 26.9. The molecule has 1 saturated heterocycles. The van der Waals surface area contributed by atoms with E-state index >= 15 is 0 Å². The van der Waals surface area contributed by atoms with Crippen LogP contribution in [-0.4, -0.2) is 87.8 Å². The Hall–Kier alpha value is -2.14. The van der Waals surface area contributed by atoms with Crippen LogP contribution in [0.1, 0.15) is 58.0 Å². The number of rotatable bonds is 8. The van der Waals surface area contributed by atoms with Gasteiger partial charge in [-0.1, -0.05) is 25.7 Å². The SMILES string of the molecule is CCC#Cc1nc(NC2CCCC2)c2cnn([C@@H]3O[C@H](CO[C@](C)(CO)P(=O)(O)O)[C@@H](O)[C@H]3O)c2n1. The standard InChI is InChI=1S/C22H32N5O8P/c1-3-4-9-16-25-19(24-13-7-5-6-8-13)14-10-23-27(20(14)26-16)21-18(30)17(29)15(35-21)11-34-22(2,12-28)36(31,32)33/h10,13,15,17-18,21,28-30H,3,5-8,11-12H2,1-2H3,(H,24,25,26)(H2,31,32,33)/t15-,17-,18-,21-,22+/m1/s1. The molecule has 2 aromatic rings. The van der Waals surface area contributed by atoms with Crippen molar-refractivity contribution in [2.75, 3.05) is 18.5 Å². The molecule has 2 aliphatic rings. The van der Waals surface area contributed by atoms with Crippen molar-refractivity contribution in [3.63, 3.8) is 0 Å². The fourth-order valence-electron chi connectivity index (χ4n) is 4.26. The van der Waals surface area contributed by atoms with E-state index in [1.807, 2.05) is 6.92 Å². The van der Waals surface area contributed by atoms with Gasteiger partial charge in [0.2, 0.25) is 5.82 Å². The number of nitrogens with one attached hydrogen (secondary N) is 1. The van der Waals surface area contributed by atoms with Gasteiger partial charge in [-0.05, 0) is 25.7 Å². The molecule has 2 aromatic heterocycles. The van der Waals surface area contributed by atoms with Gasteiger partial charge in [0.1, 0.15) is 24.1 Å². The highest BCUT2D eigenvalue weighted by molar-refractivity contribution is 7.53. The summed E-state index contributed by atoms with van der Waals surface area (Å²) in [5.41, 5.74) is 0.346. The van der Waals surface area contributed by atoms with Crippen molar-refractivity contribution in [2.24, 2.45) is 0 Å². The largest absolute Gasteiger partial charge is 0.393 e. The summed E-state index contributed by atoms with van der Waals surface area (Å²) < 4.78 is 24.1. The molecule has 0 aromatic carbocycles. The van der Waals surface area contributed by atoms with Crippen LogP contribution < -0.4 is 5.32 Å². The first-order valence-electron chi connectivity index (χ1n) is 11.9. The third kappa shape index (κ3) is 5.27. The third-order valence-electron chi connectivity index (χ3n) is 6.57. The van der Waals surface area contributed by atoms with Crippen molar-refractivity contribution in [1.29, 1.82) is 0 Å². The monoisotopic (exact) mass is 525 g/mol. The number of fused-ring (bicyclic) bond motifs is 1. The molecule has 1 aliphatic heterocycles. The Balaban J connectivity index is 1.62. The molecule has 0 unspecified atom stereocenters. The summed E-state index contributed by atoms with van der Waals surface area (Å²) in [7, 11) is -4.84. The van der Waals surface area contributed by atoms with Gasteiger partial charge in [0, 0.05) is 12.5 Å². The van der Waals surface area contributed by atoms with E-state index < -0.39 is 50.7 Å². The number of ether oxygens (including phenoxy) is 2. The molecule has 13 nitrogen and oxygen atoms in total. The molecule has 1 saturated carbocycles. The summed E-state index contributed by atoms with van der Waals surface area (Å²) in [6, 6.07) is 0.268. The Labute approximate surface area is 208 Å². The van der Waals surface area contributed by atoms with E-state index in [0.717, 1.165) is 32.6 Å². The zero-order valence-corrected chi connectivity index (χ0v) is 21.0. The van der Waals surface area contributed by atoms with Crippen molar-refractivity contribution < 1.29 is 39.1 Å². The molecule has 14 heteroatoms. The first-order chi connectivity index (χ1) is 17.1. The van der Waals surface area contributed by atoms with Crippen LogP contribution in [0, 0.1) is 11.8 Å². The van der Waals surface area contributed by atoms with Gasteiger partial charge in [-0.2, -0.15) is 5.10 Å². The molecule has 0 bridgehead atoms. The molecule has 36 heavy (non-hydrogen) atoms. The predicted octanol–water partition coefficient (Wildman–Crippen LogP) is 0.464. The second kappa shape index (κ2) is 10.7. The maximum Gasteiger partial charge on any atom is 0.359 e. The van der Waals surface area contributed by atoms with Gasteiger partial charge in [0.15, 0.2) is 17.2 Å². The molecule has 3 heterocycles. The Morgan fingerprint density at radius 2 is 2.00 bits per heavy atom. The number of hydrogen-bond acceptors (Lipinski definition) is 10. The second-order valence-electron chi connectivity index (χ2n) is 9.24. The molecule has 0 amide bonds. The lowest BCUT2D eigenvalue weighted by molar-refractivity contribution is -0.104. The predicted molar refractivity (Wildman–Crippen MR) is 128 cm³/mol. The molecule has 0 spiro atoms. The molecule has 4 rings (SSSR count). The molecule has 6 N–H and O–H groups in total. The maximum absolute atomic E-state index is 11.7.